The van der Waals surface area contributed by atoms with Gasteiger partial charge in [0, 0.05) is 12.7 Å². The van der Waals surface area contributed by atoms with Crippen LogP contribution in [-0.4, -0.2) is 25.9 Å². The Morgan fingerprint density at radius 3 is 2.68 bits per heavy atom. The Morgan fingerprint density at radius 2 is 2.00 bits per heavy atom. The third-order valence-corrected chi connectivity index (χ3v) is 6.08. The molecule has 0 fully saturated rings. The van der Waals surface area contributed by atoms with Crippen LogP contribution in [0.25, 0.3) is 11.4 Å². The van der Waals surface area contributed by atoms with E-state index in [1.54, 1.807) is 6.26 Å². The van der Waals surface area contributed by atoms with Crippen LogP contribution in [0.3, 0.4) is 0 Å². The highest BCUT2D eigenvalue weighted by molar-refractivity contribution is 8.00. The summed E-state index contributed by atoms with van der Waals surface area (Å²) in [6, 6.07) is 9.86. The van der Waals surface area contributed by atoms with Crippen LogP contribution >= 0.6 is 11.8 Å². The number of carbonyl (C=O) groups excluding carboxylic acids is 1. The number of furan rings is 1. The number of rotatable bonds is 7. The predicted molar refractivity (Wildman–Crippen MR) is 113 cm³/mol. The number of aromatic nitrogens is 3. The molecule has 2 heterocycles. The van der Waals surface area contributed by atoms with Crippen molar-refractivity contribution in [2.24, 2.45) is 7.05 Å². The first-order valence-electron chi connectivity index (χ1n) is 9.42. The highest BCUT2D eigenvalue weighted by atomic mass is 32.2. The summed E-state index contributed by atoms with van der Waals surface area (Å²) in [5.74, 6) is 1.85. The molecular weight excluding hydrogens is 372 g/mol. The summed E-state index contributed by atoms with van der Waals surface area (Å²) in [5.41, 5.74) is 2.94. The SMILES string of the molecule is CC[C@H](C)c1ccccc1NC(=O)[C@@H](C)Sc1nnc(-c2ccoc2C)n1C. The molecule has 0 unspecified atom stereocenters. The number of nitrogens with one attached hydrogen (secondary N) is 1. The van der Waals surface area contributed by atoms with Gasteiger partial charge in [0.2, 0.25) is 5.91 Å². The van der Waals surface area contributed by atoms with Gasteiger partial charge in [-0.15, -0.1) is 10.2 Å². The van der Waals surface area contributed by atoms with Crippen LogP contribution in [0.5, 0.6) is 0 Å². The molecule has 1 N–H and O–H groups in total. The van der Waals surface area contributed by atoms with E-state index >= 15 is 0 Å². The van der Waals surface area contributed by atoms with Gasteiger partial charge in [-0.25, -0.2) is 0 Å². The van der Waals surface area contributed by atoms with Crippen LogP contribution in [0.1, 0.15) is 44.4 Å². The Balaban J connectivity index is 1.72. The van der Waals surface area contributed by atoms with Crippen molar-refractivity contribution in [1.29, 1.82) is 0 Å². The Labute approximate surface area is 169 Å². The van der Waals surface area contributed by atoms with Crippen LogP contribution in [0, 0.1) is 6.92 Å². The van der Waals surface area contributed by atoms with Gasteiger partial charge in [0.15, 0.2) is 11.0 Å². The molecule has 3 aromatic rings. The molecule has 0 bridgehead atoms. The summed E-state index contributed by atoms with van der Waals surface area (Å²) in [6.45, 7) is 8.09. The number of anilines is 1. The predicted octanol–water partition coefficient (Wildman–Crippen LogP) is 5.02. The fraction of sp³-hybridized carbons (Fsp3) is 0.381. The topological polar surface area (TPSA) is 73.0 Å². The largest absolute Gasteiger partial charge is 0.469 e. The zero-order chi connectivity index (χ0) is 20.3. The van der Waals surface area contributed by atoms with Crippen LogP contribution < -0.4 is 5.32 Å². The smallest absolute Gasteiger partial charge is 0.237 e. The minimum atomic E-state index is -0.314. The highest BCUT2D eigenvalue weighted by Crippen LogP contribution is 2.30. The first kappa shape index (κ1) is 20.2. The Morgan fingerprint density at radius 1 is 1.25 bits per heavy atom. The van der Waals surface area contributed by atoms with E-state index in [2.05, 4.69) is 35.4 Å². The monoisotopic (exact) mass is 398 g/mol. The number of aryl methyl sites for hydroxylation is 1. The van der Waals surface area contributed by atoms with Gasteiger partial charge in [-0.3, -0.25) is 4.79 Å². The van der Waals surface area contributed by atoms with Gasteiger partial charge >= 0.3 is 0 Å². The molecular formula is C21H26N4O2S. The molecule has 2 atom stereocenters. The number of benzene rings is 1. The fourth-order valence-corrected chi connectivity index (χ4v) is 3.79. The van der Waals surface area contributed by atoms with Crippen molar-refractivity contribution in [2.75, 3.05) is 5.32 Å². The van der Waals surface area contributed by atoms with E-state index < -0.39 is 0 Å². The average molecular weight is 399 g/mol. The molecule has 3 rings (SSSR count). The van der Waals surface area contributed by atoms with E-state index in [1.165, 1.54) is 11.8 Å². The minimum absolute atomic E-state index is 0.0511. The second-order valence-electron chi connectivity index (χ2n) is 6.90. The van der Waals surface area contributed by atoms with E-state index in [-0.39, 0.29) is 11.2 Å². The lowest BCUT2D eigenvalue weighted by atomic mass is 9.97. The van der Waals surface area contributed by atoms with Crippen molar-refractivity contribution in [1.82, 2.24) is 14.8 Å². The van der Waals surface area contributed by atoms with Crippen molar-refractivity contribution < 1.29 is 9.21 Å². The molecule has 148 valence electrons. The van der Waals surface area contributed by atoms with Crippen molar-refractivity contribution >= 4 is 23.4 Å². The van der Waals surface area contributed by atoms with Gasteiger partial charge < -0.3 is 14.3 Å². The molecule has 0 saturated heterocycles. The first-order chi connectivity index (χ1) is 13.4. The third-order valence-electron chi connectivity index (χ3n) is 4.95. The lowest BCUT2D eigenvalue weighted by Crippen LogP contribution is -2.23. The number of thioether (sulfide) groups is 1. The Hall–Kier alpha value is -2.54. The van der Waals surface area contributed by atoms with Crippen molar-refractivity contribution in [3.05, 3.63) is 47.9 Å². The molecule has 0 radical (unpaired) electrons. The van der Waals surface area contributed by atoms with E-state index in [4.69, 9.17) is 4.42 Å². The summed E-state index contributed by atoms with van der Waals surface area (Å²) < 4.78 is 7.24. The lowest BCUT2D eigenvalue weighted by molar-refractivity contribution is -0.115. The molecule has 0 aliphatic heterocycles. The number of hydrogen-bond acceptors (Lipinski definition) is 5. The van der Waals surface area contributed by atoms with Crippen molar-refractivity contribution in [3.8, 4) is 11.4 Å². The maximum absolute atomic E-state index is 12.8. The number of hydrogen-bond donors (Lipinski definition) is 1. The number of para-hydroxylation sites is 1. The second-order valence-corrected chi connectivity index (χ2v) is 8.21. The Bertz CT molecular complexity index is 963. The molecule has 0 aliphatic rings. The molecule has 6 nitrogen and oxygen atoms in total. The fourth-order valence-electron chi connectivity index (χ4n) is 2.98. The van der Waals surface area contributed by atoms with Crippen LogP contribution in [0.2, 0.25) is 0 Å². The first-order valence-corrected chi connectivity index (χ1v) is 10.3. The number of carbonyl (C=O) groups is 1. The highest BCUT2D eigenvalue weighted by Gasteiger charge is 2.21. The third kappa shape index (κ3) is 4.14. The summed E-state index contributed by atoms with van der Waals surface area (Å²) in [6.07, 6.45) is 2.66. The van der Waals surface area contributed by atoms with Crippen molar-refractivity contribution in [3.63, 3.8) is 0 Å². The molecule has 28 heavy (non-hydrogen) atoms. The molecule has 7 heteroatoms. The van der Waals surface area contributed by atoms with E-state index in [9.17, 15) is 4.79 Å². The summed E-state index contributed by atoms with van der Waals surface area (Å²) >= 11 is 1.39. The molecule has 0 aliphatic carbocycles. The lowest BCUT2D eigenvalue weighted by Gasteiger charge is -2.17. The van der Waals surface area contributed by atoms with Crippen LogP contribution in [-0.2, 0) is 11.8 Å². The van der Waals surface area contributed by atoms with Gasteiger partial charge in [0.1, 0.15) is 5.76 Å². The molecule has 0 saturated carbocycles. The summed E-state index contributed by atoms with van der Waals surface area (Å²) in [4.78, 5) is 12.8. The average Bonchev–Trinajstić information content (AvgIpc) is 3.27. The summed E-state index contributed by atoms with van der Waals surface area (Å²) in [7, 11) is 1.90. The quantitative estimate of drug-likeness (QED) is 0.566. The molecule has 1 amide bonds. The molecule has 0 spiro atoms. The van der Waals surface area contributed by atoms with Crippen LogP contribution in [0.15, 0.2) is 46.2 Å². The standard InChI is InChI=1S/C21H26N4O2S/c1-6-13(2)16-9-7-8-10-18(16)22-20(26)15(4)28-21-24-23-19(25(21)5)17-11-12-27-14(17)3/h7-13,15H,6H2,1-5H3,(H,22,26)/t13-,15+/m0/s1. The van der Waals surface area contributed by atoms with Crippen molar-refractivity contribution in [2.45, 2.75) is 50.4 Å². The van der Waals surface area contributed by atoms with Gasteiger partial charge in [-0.1, -0.05) is 43.8 Å². The van der Waals surface area contributed by atoms with Gasteiger partial charge in [-0.05, 0) is 43.9 Å². The number of amides is 1. The second kappa shape index (κ2) is 8.65. The minimum Gasteiger partial charge on any atom is -0.469 e. The summed E-state index contributed by atoms with van der Waals surface area (Å²) in [5, 5.41) is 12.0. The maximum Gasteiger partial charge on any atom is 0.237 e. The van der Waals surface area contributed by atoms with Gasteiger partial charge in [-0.2, -0.15) is 0 Å². The maximum atomic E-state index is 12.8. The normalized spacial score (nSPS) is 13.3. The zero-order valence-corrected chi connectivity index (χ0v) is 17.7. The molecule has 1 aromatic carbocycles. The number of nitrogens with zero attached hydrogens (tertiary/aromatic N) is 3. The van der Waals surface area contributed by atoms with Crippen LogP contribution in [0.4, 0.5) is 5.69 Å². The van der Waals surface area contributed by atoms with E-state index in [1.807, 2.05) is 49.7 Å². The zero-order valence-electron chi connectivity index (χ0n) is 16.9. The van der Waals surface area contributed by atoms with E-state index in [0.29, 0.717) is 11.1 Å². The van der Waals surface area contributed by atoms with Gasteiger partial charge in [0.05, 0.1) is 17.1 Å². The van der Waals surface area contributed by atoms with E-state index in [0.717, 1.165) is 34.8 Å². The van der Waals surface area contributed by atoms with Gasteiger partial charge in [0.25, 0.3) is 0 Å². The Kier molecular flexibility index (Phi) is 6.24. The molecule has 2 aromatic heterocycles.